The molecule has 112 valence electrons. The summed E-state index contributed by atoms with van der Waals surface area (Å²) in [4.78, 5) is 0. The van der Waals surface area contributed by atoms with Crippen molar-refractivity contribution >= 4 is 0 Å². The zero-order chi connectivity index (χ0) is 14.7. The van der Waals surface area contributed by atoms with E-state index < -0.39 is 0 Å². The standard InChI is InChI=1S/C19H30O/c1-5-16-7-6-8-17(11-16)19(20)12-18-14(3)9-13(2)10-15(18)4/h9-10,16-17,19-20H,5-8,11-12H2,1-4H3. The van der Waals surface area contributed by atoms with Crippen LogP contribution < -0.4 is 0 Å². The summed E-state index contributed by atoms with van der Waals surface area (Å²) < 4.78 is 0. The third kappa shape index (κ3) is 3.63. The highest BCUT2D eigenvalue weighted by molar-refractivity contribution is 5.37. The minimum absolute atomic E-state index is 0.163. The highest BCUT2D eigenvalue weighted by Gasteiger charge is 2.27. The first-order chi connectivity index (χ1) is 9.51. The number of rotatable bonds is 4. The van der Waals surface area contributed by atoms with Crippen LogP contribution in [0.25, 0.3) is 0 Å². The predicted molar refractivity (Wildman–Crippen MR) is 86.1 cm³/mol. The maximum Gasteiger partial charge on any atom is 0.0609 e. The summed E-state index contributed by atoms with van der Waals surface area (Å²) in [5.41, 5.74) is 5.36. The summed E-state index contributed by atoms with van der Waals surface area (Å²) in [5, 5.41) is 10.7. The van der Waals surface area contributed by atoms with Crippen molar-refractivity contribution in [1.82, 2.24) is 0 Å². The van der Waals surface area contributed by atoms with Gasteiger partial charge in [-0.15, -0.1) is 0 Å². The average molecular weight is 274 g/mol. The van der Waals surface area contributed by atoms with E-state index >= 15 is 0 Å². The zero-order valence-corrected chi connectivity index (χ0v) is 13.6. The largest absolute Gasteiger partial charge is 0.392 e. The molecule has 0 bridgehead atoms. The van der Waals surface area contributed by atoms with Crippen LogP contribution in [-0.4, -0.2) is 11.2 Å². The Morgan fingerprint density at radius 3 is 2.40 bits per heavy atom. The van der Waals surface area contributed by atoms with E-state index in [9.17, 15) is 5.11 Å². The first-order valence-corrected chi connectivity index (χ1v) is 8.26. The second kappa shape index (κ2) is 6.76. The number of benzene rings is 1. The number of hydrogen-bond acceptors (Lipinski definition) is 1. The van der Waals surface area contributed by atoms with E-state index in [1.807, 2.05) is 0 Å². The Kier molecular flexibility index (Phi) is 5.26. The number of aliphatic hydroxyl groups is 1. The normalized spacial score (nSPS) is 24.6. The molecule has 0 radical (unpaired) electrons. The highest BCUT2D eigenvalue weighted by Crippen LogP contribution is 2.34. The van der Waals surface area contributed by atoms with E-state index in [-0.39, 0.29) is 6.10 Å². The van der Waals surface area contributed by atoms with Crippen LogP contribution in [0.15, 0.2) is 12.1 Å². The monoisotopic (exact) mass is 274 g/mol. The summed E-state index contributed by atoms with van der Waals surface area (Å²) in [7, 11) is 0. The minimum atomic E-state index is -0.163. The van der Waals surface area contributed by atoms with E-state index in [0.717, 1.165) is 12.3 Å². The Labute approximate surface area is 124 Å². The van der Waals surface area contributed by atoms with E-state index in [4.69, 9.17) is 0 Å². The Morgan fingerprint density at radius 1 is 1.15 bits per heavy atom. The molecule has 1 N–H and O–H groups in total. The third-order valence-electron chi connectivity index (χ3n) is 5.20. The molecule has 1 saturated carbocycles. The molecule has 0 amide bonds. The summed E-state index contributed by atoms with van der Waals surface area (Å²) >= 11 is 0. The smallest absolute Gasteiger partial charge is 0.0609 e. The third-order valence-corrected chi connectivity index (χ3v) is 5.20. The minimum Gasteiger partial charge on any atom is -0.392 e. The first-order valence-electron chi connectivity index (χ1n) is 8.26. The van der Waals surface area contributed by atoms with E-state index in [0.29, 0.717) is 5.92 Å². The zero-order valence-electron chi connectivity index (χ0n) is 13.6. The van der Waals surface area contributed by atoms with Gasteiger partial charge in [0.05, 0.1) is 6.10 Å². The lowest BCUT2D eigenvalue weighted by molar-refractivity contribution is 0.0683. The first kappa shape index (κ1) is 15.6. The van der Waals surface area contributed by atoms with Gasteiger partial charge in [0.25, 0.3) is 0 Å². The molecule has 0 spiro atoms. The van der Waals surface area contributed by atoms with Crippen LogP contribution >= 0.6 is 0 Å². The number of hydrogen-bond donors (Lipinski definition) is 1. The Balaban J connectivity index is 2.06. The highest BCUT2D eigenvalue weighted by atomic mass is 16.3. The van der Waals surface area contributed by atoms with Crippen molar-refractivity contribution in [3.8, 4) is 0 Å². The topological polar surface area (TPSA) is 20.2 Å². The van der Waals surface area contributed by atoms with Gasteiger partial charge in [-0.3, -0.25) is 0 Å². The Hall–Kier alpha value is -0.820. The fourth-order valence-electron chi connectivity index (χ4n) is 3.96. The molecule has 0 heterocycles. The molecule has 0 aromatic heterocycles. The van der Waals surface area contributed by atoms with Gasteiger partial charge in [0.15, 0.2) is 0 Å². The maximum atomic E-state index is 10.7. The summed E-state index contributed by atoms with van der Waals surface area (Å²) in [5.74, 6) is 1.34. The van der Waals surface area contributed by atoms with Crippen molar-refractivity contribution in [1.29, 1.82) is 0 Å². The fraction of sp³-hybridized carbons (Fsp3) is 0.684. The van der Waals surface area contributed by atoms with Gasteiger partial charge < -0.3 is 5.11 Å². The summed E-state index contributed by atoms with van der Waals surface area (Å²) in [6.07, 6.45) is 7.03. The van der Waals surface area contributed by atoms with Gasteiger partial charge in [-0.25, -0.2) is 0 Å². The molecule has 1 aliphatic carbocycles. The van der Waals surface area contributed by atoms with E-state index in [1.165, 1.54) is 54.4 Å². The van der Waals surface area contributed by atoms with Crippen LogP contribution in [0.3, 0.4) is 0 Å². The molecule has 1 nitrogen and oxygen atoms in total. The molecule has 3 atom stereocenters. The molecule has 0 saturated heterocycles. The van der Waals surface area contributed by atoms with Gasteiger partial charge in [-0.05, 0) is 68.6 Å². The van der Waals surface area contributed by atoms with E-state index in [2.05, 4.69) is 39.8 Å². The van der Waals surface area contributed by atoms with Gasteiger partial charge in [-0.1, -0.05) is 43.9 Å². The Bertz CT molecular complexity index is 426. The van der Waals surface area contributed by atoms with Crippen molar-refractivity contribution in [3.63, 3.8) is 0 Å². The Morgan fingerprint density at radius 2 is 1.80 bits per heavy atom. The van der Waals surface area contributed by atoms with Crippen molar-refractivity contribution in [3.05, 3.63) is 34.4 Å². The molecular weight excluding hydrogens is 244 g/mol. The molecule has 1 aromatic rings. The second-order valence-corrected chi connectivity index (χ2v) is 6.85. The number of aryl methyl sites for hydroxylation is 3. The number of aliphatic hydroxyl groups excluding tert-OH is 1. The summed E-state index contributed by atoms with van der Waals surface area (Å²) in [6, 6.07) is 4.48. The van der Waals surface area contributed by atoms with Crippen LogP contribution in [0.4, 0.5) is 0 Å². The molecule has 1 aromatic carbocycles. The quantitative estimate of drug-likeness (QED) is 0.841. The molecule has 1 aliphatic rings. The van der Waals surface area contributed by atoms with Crippen molar-refractivity contribution in [2.45, 2.75) is 72.3 Å². The molecule has 3 unspecified atom stereocenters. The van der Waals surface area contributed by atoms with Crippen LogP contribution in [0.5, 0.6) is 0 Å². The lowest BCUT2D eigenvalue weighted by atomic mass is 9.76. The second-order valence-electron chi connectivity index (χ2n) is 6.85. The fourth-order valence-corrected chi connectivity index (χ4v) is 3.96. The molecule has 1 heteroatoms. The molecular formula is C19H30O. The van der Waals surface area contributed by atoms with Gasteiger partial charge in [0, 0.05) is 0 Å². The van der Waals surface area contributed by atoms with Gasteiger partial charge in [0.1, 0.15) is 0 Å². The lowest BCUT2D eigenvalue weighted by Gasteiger charge is -2.32. The van der Waals surface area contributed by atoms with Crippen molar-refractivity contribution < 1.29 is 5.11 Å². The maximum absolute atomic E-state index is 10.7. The lowest BCUT2D eigenvalue weighted by Crippen LogP contribution is -2.28. The van der Waals surface area contributed by atoms with Crippen LogP contribution in [0, 0.1) is 32.6 Å². The van der Waals surface area contributed by atoms with E-state index in [1.54, 1.807) is 0 Å². The van der Waals surface area contributed by atoms with Crippen molar-refractivity contribution in [2.75, 3.05) is 0 Å². The van der Waals surface area contributed by atoms with Gasteiger partial charge >= 0.3 is 0 Å². The van der Waals surface area contributed by atoms with Gasteiger partial charge in [0.2, 0.25) is 0 Å². The molecule has 20 heavy (non-hydrogen) atoms. The molecule has 0 aliphatic heterocycles. The van der Waals surface area contributed by atoms with Crippen LogP contribution in [0.1, 0.15) is 61.3 Å². The van der Waals surface area contributed by atoms with Gasteiger partial charge in [-0.2, -0.15) is 0 Å². The SMILES string of the molecule is CCC1CCCC(C(O)Cc2c(C)cc(C)cc2C)C1. The summed E-state index contributed by atoms with van der Waals surface area (Å²) in [6.45, 7) is 8.79. The predicted octanol–water partition coefficient (Wildman–Crippen LogP) is 4.73. The molecule has 1 fully saturated rings. The average Bonchev–Trinajstić information content (AvgIpc) is 2.42. The van der Waals surface area contributed by atoms with Crippen LogP contribution in [0.2, 0.25) is 0 Å². The molecule has 2 rings (SSSR count). The van der Waals surface area contributed by atoms with Crippen molar-refractivity contribution in [2.24, 2.45) is 11.8 Å². The van der Waals surface area contributed by atoms with Crippen LogP contribution in [-0.2, 0) is 6.42 Å².